The smallest absolute Gasteiger partial charge is 0.339 e. The van der Waals surface area contributed by atoms with Crippen LogP contribution in [-0.4, -0.2) is 43.8 Å². The summed E-state index contributed by atoms with van der Waals surface area (Å²) in [5.74, 6) is -7.98. The van der Waals surface area contributed by atoms with Gasteiger partial charge in [-0.1, -0.05) is 29.3 Å². The van der Waals surface area contributed by atoms with Gasteiger partial charge < -0.3 is 14.2 Å². The van der Waals surface area contributed by atoms with Crippen molar-refractivity contribution in [3.05, 3.63) is 88.4 Å². The fraction of sp³-hybridized carbons (Fsp3) is 0.242. The maximum atomic E-state index is 14.1. The zero-order valence-corrected chi connectivity index (χ0v) is 25.3. The van der Waals surface area contributed by atoms with E-state index in [0.717, 1.165) is 9.80 Å². The van der Waals surface area contributed by atoms with Crippen LogP contribution in [0.4, 0.5) is 11.4 Å². The molecule has 5 aliphatic rings. The van der Waals surface area contributed by atoms with Gasteiger partial charge in [0.05, 0.1) is 54.3 Å². The largest absolute Gasteiger partial charge is 0.497 e. The molecule has 2 aliphatic heterocycles. The van der Waals surface area contributed by atoms with Crippen LogP contribution in [0, 0.1) is 35.5 Å². The molecule has 0 N–H and O–H groups in total. The lowest BCUT2D eigenvalue weighted by atomic mass is 9.52. The van der Waals surface area contributed by atoms with Gasteiger partial charge in [-0.05, 0) is 66.7 Å². The molecular formula is C33H24Cl2N2O8. The number of benzene rings is 3. The Hall–Kier alpha value is -4.67. The monoisotopic (exact) mass is 646 g/mol. The van der Waals surface area contributed by atoms with Gasteiger partial charge in [0.15, 0.2) is 0 Å². The van der Waals surface area contributed by atoms with Crippen LogP contribution in [0.3, 0.4) is 0 Å². The number of rotatable bonds is 6. The second kappa shape index (κ2) is 10.7. The number of imide groups is 2. The van der Waals surface area contributed by atoms with E-state index in [9.17, 15) is 24.0 Å². The van der Waals surface area contributed by atoms with Crippen molar-refractivity contribution in [3.63, 3.8) is 0 Å². The number of amides is 4. The standard InChI is InChI=1S/C33H24Cl2N2O8/c1-43-18-8-4-16(5-9-18)36-29(38)25-20-14-21(33(42)45-23-12-3-15(34)13-22(23)35)24(27(25)31(36)40)28-26(20)30(39)37(32(28)41)17-6-10-19(44-2)11-7-17/h3-14,20,24-28H,1-2H3/t20?,24?,25-,26-,27-,28+/m1/s1. The molecule has 2 heterocycles. The highest BCUT2D eigenvalue weighted by Crippen LogP contribution is 2.61. The zero-order chi connectivity index (χ0) is 31.7. The Kier molecular flexibility index (Phi) is 6.94. The number of anilines is 2. The number of hydrogen-bond donors (Lipinski definition) is 0. The number of esters is 1. The van der Waals surface area contributed by atoms with Gasteiger partial charge in [-0.3, -0.25) is 29.0 Å². The van der Waals surface area contributed by atoms with E-state index in [-0.39, 0.29) is 16.3 Å². The molecule has 10 nitrogen and oxygen atoms in total. The molecular weight excluding hydrogens is 623 g/mol. The summed E-state index contributed by atoms with van der Waals surface area (Å²) in [6.45, 7) is 0. The predicted octanol–water partition coefficient (Wildman–Crippen LogP) is 4.71. The lowest BCUT2D eigenvalue weighted by Crippen LogP contribution is -2.53. The minimum absolute atomic E-state index is 0.0314. The molecule has 3 aliphatic carbocycles. The highest BCUT2D eigenvalue weighted by molar-refractivity contribution is 6.35. The maximum absolute atomic E-state index is 14.1. The highest BCUT2D eigenvalue weighted by Gasteiger charge is 2.71. The quantitative estimate of drug-likeness (QED) is 0.215. The van der Waals surface area contributed by atoms with E-state index in [0.29, 0.717) is 27.9 Å². The fourth-order valence-corrected chi connectivity index (χ4v) is 7.69. The Morgan fingerprint density at radius 1 is 0.644 bits per heavy atom. The summed E-state index contributed by atoms with van der Waals surface area (Å²) in [7, 11) is 3.00. The Bertz CT molecular complexity index is 1730. The topological polar surface area (TPSA) is 120 Å². The minimum Gasteiger partial charge on any atom is -0.497 e. The number of halogens is 2. The number of nitrogens with zero attached hydrogens (tertiary/aromatic N) is 2. The summed E-state index contributed by atoms with van der Waals surface area (Å²) in [5.41, 5.74) is 0.683. The van der Waals surface area contributed by atoms with E-state index >= 15 is 0 Å². The van der Waals surface area contributed by atoms with Crippen LogP contribution in [0.1, 0.15) is 0 Å². The molecule has 6 atom stereocenters. The third-order valence-electron chi connectivity index (χ3n) is 9.12. The van der Waals surface area contributed by atoms with Crippen molar-refractivity contribution in [2.24, 2.45) is 35.5 Å². The van der Waals surface area contributed by atoms with E-state index in [1.807, 2.05) is 0 Å². The summed E-state index contributed by atoms with van der Waals surface area (Å²) in [6, 6.07) is 17.2. The predicted molar refractivity (Wildman–Crippen MR) is 162 cm³/mol. The average Bonchev–Trinajstić information content (AvgIpc) is 3.48. The number of carbonyl (C=O) groups is 5. The lowest BCUT2D eigenvalue weighted by molar-refractivity contribution is -0.142. The molecule has 3 aromatic rings. The first-order valence-corrected chi connectivity index (χ1v) is 14.8. The summed E-state index contributed by atoms with van der Waals surface area (Å²) in [5, 5.41) is 0.424. The summed E-state index contributed by atoms with van der Waals surface area (Å²) in [6.07, 6.45) is 1.53. The van der Waals surface area contributed by atoms with Crippen LogP contribution in [0.5, 0.6) is 17.2 Å². The van der Waals surface area contributed by atoms with E-state index < -0.39 is 65.1 Å². The number of carbonyl (C=O) groups excluding carboxylic acids is 5. The van der Waals surface area contributed by atoms with Gasteiger partial charge >= 0.3 is 5.97 Å². The lowest BCUT2D eigenvalue weighted by Gasteiger charge is -2.46. The molecule has 3 aromatic carbocycles. The van der Waals surface area contributed by atoms with Crippen LogP contribution in [-0.2, 0) is 24.0 Å². The van der Waals surface area contributed by atoms with Gasteiger partial charge in [0.2, 0.25) is 23.6 Å². The van der Waals surface area contributed by atoms with E-state index in [4.69, 9.17) is 37.4 Å². The van der Waals surface area contributed by atoms with Crippen LogP contribution >= 0.6 is 23.2 Å². The number of methoxy groups -OCH3 is 2. The summed E-state index contributed by atoms with van der Waals surface area (Å²) >= 11 is 12.3. The second-order valence-corrected chi connectivity index (χ2v) is 12.1. The van der Waals surface area contributed by atoms with Crippen molar-refractivity contribution in [2.75, 3.05) is 24.0 Å². The molecule has 12 heteroatoms. The van der Waals surface area contributed by atoms with E-state index in [1.165, 1.54) is 38.5 Å². The van der Waals surface area contributed by atoms with Gasteiger partial charge in [0.25, 0.3) is 0 Å². The van der Waals surface area contributed by atoms with Crippen molar-refractivity contribution in [1.82, 2.24) is 0 Å². The number of ether oxygens (including phenoxy) is 3. The molecule has 228 valence electrons. The summed E-state index contributed by atoms with van der Waals surface area (Å²) < 4.78 is 16.1. The van der Waals surface area contributed by atoms with Crippen molar-refractivity contribution in [1.29, 1.82) is 0 Å². The maximum Gasteiger partial charge on any atom is 0.339 e. The third-order valence-corrected chi connectivity index (χ3v) is 9.65. The molecule has 3 fully saturated rings. The molecule has 8 rings (SSSR count). The van der Waals surface area contributed by atoms with Crippen LogP contribution in [0.15, 0.2) is 78.4 Å². The van der Waals surface area contributed by atoms with Crippen LogP contribution in [0.2, 0.25) is 10.0 Å². The molecule has 45 heavy (non-hydrogen) atoms. The number of hydrogen-bond acceptors (Lipinski definition) is 8. The van der Waals surface area contributed by atoms with Crippen molar-refractivity contribution in [2.45, 2.75) is 0 Å². The van der Waals surface area contributed by atoms with E-state index in [2.05, 4.69) is 0 Å². The van der Waals surface area contributed by atoms with E-state index in [1.54, 1.807) is 48.5 Å². The van der Waals surface area contributed by atoms with Gasteiger partial charge in [0, 0.05) is 22.4 Å². The zero-order valence-electron chi connectivity index (χ0n) is 23.8. The van der Waals surface area contributed by atoms with Crippen LogP contribution in [0.25, 0.3) is 0 Å². The molecule has 0 spiro atoms. The molecule has 2 unspecified atom stereocenters. The SMILES string of the molecule is COc1ccc(N2C(=O)[C@@H]3C4C=C(C(=O)Oc5ccc(Cl)cc5Cl)C([C@H]3C2=O)[C@@H]2C(=O)N(c3ccc(OC)cc3)C(=O)[C@H]42)cc1. The van der Waals surface area contributed by atoms with Gasteiger partial charge in [0.1, 0.15) is 17.2 Å². The Balaban J connectivity index is 1.31. The molecule has 1 saturated carbocycles. The van der Waals surface area contributed by atoms with Crippen LogP contribution < -0.4 is 24.0 Å². The third kappa shape index (κ3) is 4.34. The first kappa shape index (κ1) is 29.1. The molecule has 0 radical (unpaired) electrons. The normalized spacial score (nSPS) is 26.5. The minimum atomic E-state index is -1.11. The van der Waals surface area contributed by atoms with Crippen molar-refractivity contribution in [3.8, 4) is 17.2 Å². The molecule has 4 amide bonds. The summed E-state index contributed by atoms with van der Waals surface area (Å²) in [4.78, 5) is 72.2. The molecule has 2 saturated heterocycles. The van der Waals surface area contributed by atoms with Gasteiger partial charge in [-0.2, -0.15) is 0 Å². The average molecular weight is 647 g/mol. The first-order valence-electron chi connectivity index (χ1n) is 14.1. The highest BCUT2D eigenvalue weighted by atomic mass is 35.5. The number of allylic oxidation sites excluding steroid dienone is 1. The van der Waals surface area contributed by atoms with Crippen molar-refractivity contribution < 1.29 is 38.2 Å². The first-order chi connectivity index (χ1) is 21.6. The van der Waals surface area contributed by atoms with Gasteiger partial charge in [-0.15, -0.1) is 0 Å². The molecule has 2 bridgehead atoms. The second-order valence-electron chi connectivity index (χ2n) is 11.2. The fourth-order valence-electron chi connectivity index (χ4n) is 7.24. The molecule has 0 aromatic heterocycles. The Labute approximate surface area is 267 Å². The van der Waals surface area contributed by atoms with Crippen molar-refractivity contribution >= 4 is 64.2 Å². The Morgan fingerprint density at radius 2 is 1.11 bits per heavy atom. The van der Waals surface area contributed by atoms with Gasteiger partial charge in [-0.25, -0.2) is 4.79 Å². The Morgan fingerprint density at radius 3 is 1.56 bits per heavy atom.